The third-order valence-electron chi connectivity index (χ3n) is 2.62. The molecule has 0 unspecified atom stereocenters. The predicted molar refractivity (Wildman–Crippen MR) is 64.8 cm³/mol. The van der Waals surface area contributed by atoms with Gasteiger partial charge in [-0.15, -0.1) is 0 Å². The zero-order chi connectivity index (χ0) is 13.8. The maximum Gasteiger partial charge on any atom is 0.141 e. The molecule has 0 aliphatic rings. The Balaban J connectivity index is 2.17. The summed E-state index contributed by atoms with van der Waals surface area (Å²) in [6, 6.07) is 9.09. The van der Waals surface area contributed by atoms with Crippen molar-refractivity contribution in [1.82, 2.24) is 0 Å². The molecule has 1 N–H and O–H groups in total. The first-order valence-corrected chi connectivity index (χ1v) is 5.48. The molecule has 0 aliphatic heterocycles. The summed E-state index contributed by atoms with van der Waals surface area (Å²) in [5, 5.41) is 11.4. The molecule has 0 bridgehead atoms. The molecule has 19 heavy (non-hydrogen) atoms. The summed E-state index contributed by atoms with van der Waals surface area (Å²) in [5.74, 6) is -1.95. The molecule has 0 heterocycles. The van der Waals surface area contributed by atoms with Crippen LogP contribution < -0.4 is 5.32 Å². The van der Waals surface area contributed by atoms with Crippen molar-refractivity contribution in [2.24, 2.45) is 0 Å². The Morgan fingerprint density at radius 1 is 1.00 bits per heavy atom. The van der Waals surface area contributed by atoms with Crippen molar-refractivity contribution in [2.75, 3.05) is 5.32 Å². The lowest BCUT2D eigenvalue weighted by atomic mass is 10.1. The Morgan fingerprint density at radius 2 is 1.68 bits per heavy atom. The molecule has 2 aromatic carbocycles. The molecule has 96 valence electrons. The Kier molecular flexibility index (Phi) is 3.71. The number of rotatable bonds is 3. The summed E-state index contributed by atoms with van der Waals surface area (Å²) < 4.78 is 39.8. The molecule has 0 saturated heterocycles. The number of anilines is 1. The smallest absolute Gasteiger partial charge is 0.141 e. The topological polar surface area (TPSA) is 35.8 Å². The zero-order valence-corrected chi connectivity index (χ0v) is 9.75. The van der Waals surface area contributed by atoms with E-state index in [2.05, 4.69) is 5.32 Å². The highest BCUT2D eigenvalue weighted by Crippen LogP contribution is 2.17. The van der Waals surface area contributed by atoms with Crippen molar-refractivity contribution in [3.8, 4) is 6.07 Å². The summed E-state index contributed by atoms with van der Waals surface area (Å²) >= 11 is 0. The molecule has 5 heteroatoms. The van der Waals surface area contributed by atoms with Crippen LogP contribution >= 0.6 is 0 Å². The van der Waals surface area contributed by atoms with Gasteiger partial charge in [-0.3, -0.25) is 0 Å². The highest BCUT2D eigenvalue weighted by atomic mass is 19.1. The van der Waals surface area contributed by atoms with E-state index in [1.165, 1.54) is 18.2 Å². The van der Waals surface area contributed by atoms with Crippen LogP contribution in [0.15, 0.2) is 36.4 Å². The minimum atomic E-state index is -0.657. The fraction of sp³-hybridized carbons (Fsp3) is 0.0714. The zero-order valence-electron chi connectivity index (χ0n) is 9.75. The molecular weight excluding hydrogens is 253 g/mol. The van der Waals surface area contributed by atoms with Crippen LogP contribution in [0.4, 0.5) is 18.9 Å². The van der Waals surface area contributed by atoms with E-state index < -0.39 is 17.5 Å². The van der Waals surface area contributed by atoms with Crippen LogP contribution in [0.5, 0.6) is 0 Å². The van der Waals surface area contributed by atoms with Crippen LogP contribution in [0.3, 0.4) is 0 Å². The molecule has 0 aromatic heterocycles. The number of nitriles is 1. The van der Waals surface area contributed by atoms with Crippen LogP contribution in [0.2, 0.25) is 0 Å². The van der Waals surface area contributed by atoms with Gasteiger partial charge in [-0.05, 0) is 30.3 Å². The highest BCUT2D eigenvalue weighted by Gasteiger charge is 2.08. The van der Waals surface area contributed by atoms with Crippen LogP contribution in [-0.4, -0.2) is 0 Å². The fourth-order valence-corrected chi connectivity index (χ4v) is 1.61. The van der Waals surface area contributed by atoms with Gasteiger partial charge in [0.15, 0.2) is 0 Å². The van der Waals surface area contributed by atoms with Crippen LogP contribution in [-0.2, 0) is 6.54 Å². The standard InChI is InChI=1S/C14H9F3N2/c15-12-5-4-10(6-9(12)7-18)19-8-11-13(16)2-1-3-14(11)17/h1-6,19H,8H2. The van der Waals surface area contributed by atoms with Crippen LogP contribution in [0, 0.1) is 28.8 Å². The molecule has 0 saturated carbocycles. The first kappa shape index (κ1) is 13.0. The van der Waals surface area contributed by atoms with E-state index in [1.807, 2.05) is 0 Å². The fourth-order valence-electron chi connectivity index (χ4n) is 1.61. The Labute approximate surface area is 108 Å². The Hall–Kier alpha value is -2.48. The SMILES string of the molecule is N#Cc1cc(NCc2c(F)cccc2F)ccc1F. The van der Waals surface area contributed by atoms with Gasteiger partial charge in [-0.1, -0.05) is 6.07 Å². The number of hydrogen-bond donors (Lipinski definition) is 1. The van der Waals surface area contributed by atoms with Gasteiger partial charge in [0.1, 0.15) is 23.5 Å². The van der Waals surface area contributed by atoms with Crippen molar-refractivity contribution < 1.29 is 13.2 Å². The summed E-state index contributed by atoms with van der Waals surface area (Å²) in [6.07, 6.45) is 0. The van der Waals surface area contributed by atoms with Gasteiger partial charge >= 0.3 is 0 Å². The summed E-state index contributed by atoms with van der Waals surface area (Å²) in [7, 11) is 0. The lowest BCUT2D eigenvalue weighted by Crippen LogP contribution is -2.04. The maximum absolute atomic E-state index is 13.4. The molecule has 2 aromatic rings. The molecule has 2 nitrogen and oxygen atoms in total. The van der Waals surface area contributed by atoms with Gasteiger partial charge in [0, 0.05) is 17.8 Å². The highest BCUT2D eigenvalue weighted by molar-refractivity contribution is 5.50. The average Bonchev–Trinajstić information content (AvgIpc) is 2.40. The summed E-state index contributed by atoms with van der Waals surface area (Å²) in [5.41, 5.74) is 0.185. The van der Waals surface area contributed by atoms with Gasteiger partial charge in [0.2, 0.25) is 0 Å². The van der Waals surface area contributed by atoms with E-state index in [-0.39, 0.29) is 17.7 Å². The van der Waals surface area contributed by atoms with Crippen molar-refractivity contribution in [1.29, 1.82) is 5.26 Å². The maximum atomic E-state index is 13.4. The third-order valence-corrected chi connectivity index (χ3v) is 2.62. The number of nitrogens with zero attached hydrogens (tertiary/aromatic N) is 1. The normalized spacial score (nSPS) is 10.0. The second-order valence-corrected chi connectivity index (χ2v) is 3.86. The molecule has 0 aliphatic carbocycles. The molecular formula is C14H9F3N2. The largest absolute Gasteiger partial charge is 0.381 e. The Morgan fingerprint density at radius 3 is 2.32 bits per heavy atom. The monoisotopic (exact) mass is 262 g/mol. The van der Waals surface area contributed by atoms with Crippen molar-refractivity contribution in [2.45, 2.75) is 6.54 Å². The van der Waals surface area contributed by atoms with E-state index in [4.69, 9.17) is 5.26 Å². The van der Waals surface area contributed by atoms with Crippen molar-refractivity contribution in [3.63, 3.8) is 0 Å². The number of halogens is 3. The molecule has 0 fully saturated rings. The van der Waals surface area contributed by atoms with Crippen LogP contribution in [0.25, 0.3) is 0 Å². The predicted octanol–water partition coefficient (Wildman–Crippen LogP) is 3.59. The van der Waals surface area contributed by atoms with E-state index in [0.717, 1.165) is 18.2 Å². The first-order valence-electron chi connectivity index (χ1n) is 5.48. The van der Waals surface area contributed by atoms with Gasteiger partial charge in [-0.25, -0.2) is 13.2 Å². The lowest BCUT2D eigenvalue weighted by Gasteiger charge is -2.08. The molecule has 0 radical (unpaired) electrons. The van der Waals surface area contributed by atoms with Crippen molar-refractivity contribution in [3.05, 3.63) is 65.0 Å². The second kappa shape index (κ2) is 5.44. The average molecular weight is 262 g/mol. The van der Waals surface area contributed by atoms with E-state index >= 15 is 0 Å². The van der Waals surface area contributed by atoms with Crippen LogP contribution in [0.1, 0.15) is 11.1 Å². The first-order chi connectivity index (χ1) is 9.11. The quantitative estimate of drug-likeness (QED) is 0.917. The van der Waals surface area contributed by atoms with Crippen molar-refractivity contribution >= 4 is 5.69 Å². The molecule has 0 spiro atoms. The Bertz CT molecular complexity index is 627. The van der Waals surface area contributed by atoms with Gasteiger partial charge in [0.25, 0.3) is 0 Å². The van der Waals surface area contributed by atoms with E-state index in [1.54, 1.807) is 6.07 Å². The third kappa shape index (κ3) is 2.86. The number of nitrogens with one attached hydrogen (secondary N) is 1. The van der Waals surface area contributed by atoms with Gasteiger partial charge in [0.05, 0.1) is 5.56 Å². The molecule has 2 rings (SSSR count). The summed E-state index contributed by atoms with van der Waals surface area (Å²) in [6.45, 7) is -0.0883. The molecule has 0 amide bonds. The minimum Gasteiger partial charge on any atom is -0.381 e. The molecule has 0 atom stereocenters. The van der Waals surface area contributed by atoms with Gasteiger partial charge < -0.3 is 5.32 Å². The number of benzene rings is 2. The number of hydrogen-bond acceptors (Lipinski definition) is 2. The van der Waals surface area contributed by atoms with E-state index in [0.29, 0.717) is 5.69 Å². The summed E-state index contributed by atoms with van der Waals surface area (Å²) in [4.78, 5) is 0. The lowest BCUT2D eigenvalue weighted by molar-refractivity contribution is 0.560. The second-order valence-electron chi connectivity index (χ2n) is 3.86. The van der Waals surface area contributed by atoms with E-state index in [9.17, 15) is 13.2 Å². The minimum absolute atomic E-state index is 0.0883. The van der Waals surface area contributed by atoms with Gasteiger partial charge in [-0.2, -0.15) is 5.26 Å².